The van der Waals surface area contributed by atoms with Crippen molar-refractivity contribution in [1.29, 1.82) is 0 Å². The van der Waals surface area contributed by atoms with Gasteiger partial charge in [-0.25, -0.2) is 0 Å². The molecule has 0 saturated carbocycles. The van der Waals surface area contributed by atoms with Crippen molar-refractivity contribution in [3.05, 3.63) is 0 Å². The number of alkyl halides is 6. The Balaban J connectivity index is 4.96. The summed E-state index contributed by atoms with van der Waals surface area (Å²) in [5, 5.41) is 16.2. The molecular weight excluding hydrogens is 206 g/mol. The molecule has 0 rings (SSSR count). The van der Waals surface area contributed by atoms with Crippen LogP contribution >= 0.6 is 0 Å². The first-order chi connectivity index (χ1) is 5.56. The molecule has 0 unspecified atom stereocenters. The second kappa shape index (κ2) is 3.33. The van der Waals surface area contributed by atoms with E-state index in [-0.39, 0.29) is 0 Å². The predicted molar refractivity (Wildman–Crippen MR) is 28.8 cm³/mol. The van der Waals surface area contributed by atoms with E-state index < -0.39 is 31.0 Å². The van der Waals surface area contributed by atoms with Gasteiger partial charge in [0.15, 0.2) is 0 Å². The monoisotopic (exact) mass is 212 g/mol. The summed E-state index contributed by atoms with van der Waals surface area (Å²) in [6.45, 7) is -1.41. The van der Waals surface area contributed by atoms with Gasteiger partial charge in [-0.05, 0) is 0 Å². The second-order valence-electron chi connectivity index (χ2n) is 2.33. The molecule has 0 bridgehead atoms. The summed E-state index contributed by atoms with van der Waals surface area (Å²) in [5.74, 6) is 0. The molecule has 0 aliphatic heterocycles. The van der Waals surface area contributed by atoms with E-state index in [2.05, 4.69) is 0 Å². The zero-order valence-electron chi connectivity index (χ0n) is 6.08. The van der Waals surface area contributed by atoms with Gasteiger partial charge in [-0.15, -0.1) is 0 Å². The van der Waals surface area contributed by atoms with Crippen molar-refractivity contribution in [3.63, 3.8) is 0 Å². The third-order valence-corrected chi connectivity index (χ3v) is 1.41. The number of aliphatic hydroxyl groups excluding tert-OH is 1. The fraction of sp³-hybridized carbons (Fsp3) is 1.00. The fourth-order valence-corrected chi connectivity index (χ4v) is 0.606. The Hall–Kier alpha value is -0.500. The molecule has 0 aromatic heterocycles. The van der Waals surface area contributed by atoms with Gasteiger partial charge >= 0.3 is 12.4 Å². The summed E-state index contributed by atoms with van der Waals surface area (Å²) >= 11 is 0. The van der Waals surface area contributed by atoms with E-state index in [0.29, 0.717) is 0 Å². The summed E-state index contributed by atoms with van der Waals surface area (Å²) in [6.07, 6.45) is -13.5. The third kappa shape index (κ3) is 2.25. The Labute approximate surface area is 68.8 Å². The van der Waals surface area contributed by atoms with Crippen LogP contribution in [0.15, 0.2) is 0 Å². The van der Waals surface area contributed by atoms with Crippen molar-refractivity contribution < 1.29 is 36.6 Å². The standard InChI is InChI=1S/C5H6F6O2/c6-4(7,8)3(13,1-2-12)5(9,10)11/h12-13H,1-2H2. The summed E-state index contributed by atoms with van der Waals surface area (Å²) in [4.78, 5) is 0. The van der Waals surface area contributed by atoms with Crippen molar-refractivity contribution in [2.45, 2.75) is 24.4 Å². The van der Waals surface area contributed by atoms with Crippen LogP contribution in [0.3, 0.4) is 0 Å². The number of hydrogen-bond donors (Lipinski definition) is 2. The zero-order chi connectivity index (χ0) is 10.9. The summed E-state index contributed by atoms with van der Waals surface area (Å²) in [6, 6.07) is 0. The van der Waals surface area contributed by atoms with E-state index in [1.54, 1.807) is 0 Å². The van der Waals surface area contributed by atoms with Crippen LogP contribution in [-0.4, -0.2) is 34.8 Å². The molecule has 0 saturated heterocycles. The van der Waals surface area contributed by atoms with Crippen molar-refractivity contribution in [2.75, 3.05) is 6.61 Å². The maximum absolute atomic E-state index is 11.7. The van der Waals surface area contributed by atoms with Gasteiger partial charge in [-0.3, -0.25) is 0 Å². The van der Waals surface area contributed by atoms with Crippen LogP contribution < -0.4 is 0 Å². The first-order valence-corrected chi connectivity index (χ1v) is 3.03. The largest absolute Gasteiger partial charge is 0.426 e. The molecule has 0 aromatic carbocycles. The first kappa shape index (κ1) is 12.5. The van der Waals surface area contributed by atoms with Crippen LogP contribution in [-0.2, 0) is 0 Å². The quantitative estimate of drug-likeness (QED) is 0.675. The Morgan fingerprint density at radius 1 is 0.846 bits per heavy atom. The molecule has 0 heterocycles. The summed E-state index contributed by atoms with van der Waals surface area (Å²) in [5.41, 5.74) is -4.82. The number of hydrogen-bond acceptors (Lipinski definition) is 2. The van der Waals surface area contributed by atoms with Gasteiger partial charge in [-0.1, -0.05) is 0 Å². The SMILES string of the molecule is OCCC(O)(C(F)(F)F)C(F)(F)F. The Kier molecular flexibility index (Phi) is 3.21. The van der Waals surface area contributed by atoms with E-state index in [0.717, 1.165) is 0 Å². The van der Waals surface area contributed by atoms with Crippen molar-refractivity contribution in [2.24, 2.45) is 0 Å². The van der Waals surface area contributed by atoms with Crippen molar-refractivity contribution in [3.8, 4) is 0 Å². The van der Waals surface area contributed by atoms with Crippen LogP contribution in [0.2, 0.25) is 0 Å². The molecule has 0 aromatic rings. The van der Waals surface area contributed by atoms with Crippen LogP contribution in [0.5, 0.6) is 0 Å². The first-order valence-electron chi connectivity index (χ1n) is 3.03. The molecule has 13 heavy (non-hydrogen) atoms. The molecular formula is C5H6F6O2. The molecule has 2 N–H and O–H groups in total. The minimum absolute atomic E-state index is 1.41. The maximum Gasteiger partial charge on any atom is 0.426 e. The van der Waals surface area contributed by atoms with Gasteiger partial charge in [0.1, 0.15) is 0 Å². The van der Waals surface area contributed by atoms with Crippen molar-refractivity contribution in [1.82, 2.24) is 0 Å². The lowest BCUT2D eigenvalue weighted by Crippen LogP contribution is -2.57. The van der Waals surface area contributed by atoms with E-state index >= 15 is 0 Å². The molecule has 0 aliphatic rings. The Morgan fingerprint density at radius 3 is 1.23 bits per heavy atom. The van der Waals surface area contributed by atoms with E-state index in [1.165, 1.54) is 0 Å². The molecule has 0 atom stereocenters. The van der Waals surface area contributed by atoms with Crippen molar-refractivity contribution >= 4 is 0 Å². The van der Waals surface area contributed by atoms with E-state index in [4.69, 9.17) is 10.2 Å². The number of aliphatic hydroxyl groups is 2. The summed E-state index contributed by atoms with van der Waals surface area (Å²) < 4.78 is 70.2. The average Bonchev–Trinajstić information content (AvgIpc) is 1.82. The van der Waals surface area contributed by atoms with Gasteiger partial charge in [-0.2, -0.15) is 26.3 Å². The Morgan fingerprint density at radius 2 is 1.15 bits per heavy atom. The highest BCUT2D eigenvalue weighted by Gasteiger charge is 2.69. The van der Waals surface area contributed by atoms with Gasteiger partial charge in [0, 0.05) is 13.0 Å². The second-order valence-corrected chi connectivity index (χ2v) is 2.33. The zero-order valence-corrected chi connectivity index (χ0v) is 6.08. The molecule has 0 amide bonds. The Bertz CT molecular complexity index is 157. The average molecular weight is 212 g/mol. The molecule has 0 spiro atoms. The predicted octanol–water partition coefficient (Wildman–Crippen LogP) is 1.22. The van der Waals surface area contributed by atoms with Crippen LogP contribution in [0.4, 0.5) is 26.3 Å². The molecule has 0 aliphatic carbocycles. The minimum atomic E-state index is -5.84. The minimum Gasteiger partial charge on any atom is -0.396 e. The number of halogens is 6. The lowest BCUT2D eigenvalue weighted by atomic mass is 9.99. The normalized spacial score (nSPS) is 14.8. The third-order valence-electron chi connectivity index (χ3n) is 1.41. The molecule has 0 fully saturated rings. The molecule has 0 radical (unpaired) electrons. The van der Waals surface area contributed by atoms with Crippen LogP contribution in [0.1, 0.15) is 6.42 Å². The highest BCUT2D eigenvalue weighted by Crippen LogP contribution is 2.44. The molecule has 80 valence electrons. The molecule has 8 heteroatoms. The fourth-order valence-electron chi connectivity index (χ4n) is 0.606. The van der Waals surface area contributed by atoms with E-state index in [1.807, 2.05) is 0 Å². The van der Waals surface area contributed by atoms with Crippen LogP contribution in [0, 0.1) is 0 Å². The van der Waals surface area contributed by atoms with Gasteiger partial charge in [0.05, 0.1) is 0 Å². The van der Waals surface area contributed by atoms with Gasteiger partial charge < -0.3 is 10.2 Å². The highest BCUT2D eigenvalue weighted by molar-refractivity contribution is 4.93. The highest BCUT2D eigenvalue weighted by atomic mass is 19.4. The molecule has 2 nitrogen and oxygen atoms in total. The maximum atomic E-state index is 11.7. The number of rotatable bonds is 2. The van der Waals surface area contributed by atoms with Gasteiger partial charge in [0.25, 0.3) is 5.60 Å². The smallest absolute Gasteiger partial charge is 0.396 e. The lowest BCUT2D eigenvalue weighted by molar-refractivity contribution is -0.371. The topological polar surface area (TPSA) is 40.5 Å². The van der Waals surface area contributed by atoms with Crippen LogP contribution in [0.25, 0.3) is 0 Å². The summed E-state index contributed by atoms with van der Waals surface area (Å²) in [7, 11) is 0. The van der Waals surface area contributed by atoms with Gasteiger partial charge in [0.2, 0.25) is 0 Å². The lowest BCUT2D eigenvalue weighted by Gasteiger charge is -2.31. The van der Waals surface area contributed by atoms with E-state index in [9.17, 15) is 26.3 Å².